The number of carbonyl (C=O) groups excluding carboxylic acids is 1. The van der Waals surface area contributed by atoms with Gasteiger partial charge in [0.1, 0.15) is 0 Å². The molecule has 0 saturated heterocycles. The molecule has 1 fully saturated rings. The molecule has 2 unspecified atom stereocenters. The first-order valence-corrected chi connectivity index (χ1v) is 6.92. The Morgan fingerprint density at radius 2 is 1.95 bits per heavy atom. The molecule has 0 radical (unpaired) electrons. The normalized spacial score (nSPS) is 19.9. The quantitative estimate of drug-likeness (QED) is 0.907. The third kappa shape index (κ3) is 2.70. The van der Waals surface area contributed by atoms with Gasteiger partial charge >= 0.3 is 0 Å². The second kappa shape index (κ2) is 5.48. The van der Waals surface area contributed by atoms with Gasteiger partial charge < -0.3 is 15.2 Å². The lowest BCUT2D eigenvalue weighted by Gasteiger charge is -2.09. The molecule has 1 saturated carbocycles. The summed E-state index contributed by atoms with van der Waals surface area (Å²) < 4.78 is 5.02. The van der Waals surface area contributed by atoms with Crippen LogP contribution in [0.25, 0.3) is 0 Å². The smallest absolute Gasteiger partial charge is 0.255 e. The van der Waals surface area contributed by atoms with Crippen molar-refractivity contribution < 1.29 is 14.6 Å². The number of hydrogen-bond acceptors (Lipinski definition) is 3. The van der Waals surface area contributed by atoms with Crippen LogP contribution in [-0.4, -0.2) is 24.2 Å². The van der Waals surface area contributed by atoms with E-state index in [-0.39, 0.29) is 23.3 Å². The minimum Gasteiger partial charge on any atom is -0.504 e. The van der Waals surface area contributed by atoms with Gasteiger partial charge in [0.05, 0.1) is 12.7 Å². The number of para-hydroxylation sites is 1. The molecule has 3 rings (SSSR count). The van der Waals surface area contributed by atoms with E-state index in [0.717, 1.165) is 6.42 Å². The van der Waals surface area contributed by atoms with Gasteiger partial charge in [0.15, 0.2) is 11.5 Å². The van der Waals surface area contributed by atoms with E-state index in [1.54, 1.807) is 18.2 Å². The molecule has 1 amide bonds. The maximum Gasteiger partial charge on any atom is 0.255 e. The Bertz CT molecular complexity index is 654. The summed E-state index contributed by atoms with van der Waals surface area (Å²) in [5.41, 5.74) is 1.48. The van der Waals surface area contributed by atoms with Crippen LogP contribution < -0.4 is 10.1 Å². The number of nitrogens with one attached hydrogen (secondary N) is 1. The molecule has 0 bridgehead atoms. The number of carbonyl (C=O) groups is 1. The van der Waals surface area contributed by atoms with Gasteiger partial charge in [-0.3, -0.25) is 4.79 Å². The Morgan fingerprint density at radius 1 is 1.19 bits per heavy atom. The molecule has 2 aromatic rings. The predicted octanol–water partition coefficient (Wildman–Crippen LogP) is 2.69. The molecule has 0 spiro atoms. The van der Waals surface area contributed by atoms with Crippen molar-refractivity contribution in [1.82, 2.24) is 5.32 Å². The molecular weight excluding hydrogens is 266 g/mol. The molecule has 108 valence electrons. The van der Waals surface area contributed by atoms with Crippen molar-refractivity contribution in [3.63, 3.8) is 0 Å². The SMILES string of the molecule is COc1cccc(C(=O)NC2CC2c2ccccc2)c1O. The molecule has 4 heteroatoms. The maximum absolute atomic E-state index is 12.2. The molecule has 1 aliphatic rings. The van der Waals surface area contributed by atoms with Gasteiger partial charge in [0.25, 0.3) is 5.91 Å². The highest BCUT2D eigenvalue weighted by molar-refractivity contribution is 5.98. The molecule has 2 N–H and O–H groups in total. The second-order valence-electron chi connectivity index (χ2n) is 5.19. The Hall–Kier alpha value is -2.49. The Morgan fingerprint density at radius 3 is 2.67 bits per heavy atom. The zero-order valence-electron chi connectivity index (χ0n) is 11.7. The topological polar surface area (TPSA) is 58.6 Å². The highest BCUT2D eigenvalue weighted by atomic mass is 16.5. The van der Waals surface area contributed by atoms with Crippen LogP contribution in [0.3, 0.4) is 0 Å². The molecule has 0 aromatic heterocycles. The van der Waals surface area contributed by atoms with E-state index >= 15 is 0 Å². The maximum atomic E-state index is 12.2. The van der Waals surface area contributed by atoms with Crippen LogP contribution in [0.4, 0.5) is 0 Å². The second-order valence-corrected chi connectivity index (χ2v) is 5.19. The highest BCUT2D eigenvalue weighted by Crippen LogP contribution is 2.41. The predicted molar refractivity (Wildman–Crippen MR) is 79.7 cm³/mol. The monoisotopic (exact) mass is 283 g/mol. The van der Waals surface area contributed by atoms with E-state index in [0.29, 0.717) is 11.7 Å². The highest BCUT2D eigenvalue weighted by Gasteiger charge is 2.39. The van der Waals surface area contributed by atoms with Crippen LogP contribution in [0.5, 0.6) is 11.5 Å². The van der Waals surface area contributed by atoms with Crippen LogP contribution >= 0.6 is 0 Å². The molecule has 0 heterocycles. The Labute approximate surface area is 123 Å². The fourth-order valence-electron chi connectivity index (χ4n) is 2.54. The Kier molecular flexibility index (Phi) is 3.52. The molecular formula is C17H17NO3. The van der Waals surface area contributed by atoms with Crippen molar-refractivity contribution >= 4 is 5.91 Å². The van der Waals surface area contributed by atoms with Crippen molar-refractivity contribution in [3.05, 3.63) is 59.7 Å². The van der Waals surface area contributed by atoms with Crippen LogP contribution in [0.15, 0.2) is 48.5 Å². The summed E-state index contributed by atoms with van der Waals surface area (Å²) in [5, 5.41) is 12.9. The van der Waals surface area contributed by atoms with Gasteiger partial charge in [0.2, 0.25) is 0 Å². The molecule has 21 heavy (non-hydrogen) atoms. The van der Waals surface area contributed by atoms with E-state index in [9.17, 15) is 9.90 Å². The first-order chi connectivity index (χ1) is 10.2. The van der Waals surface area contributed by atoms with Crippen molar-refractivity contribution in [2.24, 2.45) is 0 Å². The third-order valence-corrected chi connectivity index (χ3v) is 3.80. The molecule has 1 aliphatic carbocycles. The van der Waals surface area contributed by atoms with Crippen molar-refractivity contribution in [1.29, 1.82) is 0 Å². The average molecular weight is 283 g/mol. The number of aromatic hydroxyl groups is 1. The Balaban J connectivity index is 1.69. The fraction of sp³-hybridized carbons (Fsp3) is 0.235. The van der Waals surface area contributed by atoms with E-state index < -0.39 is 0 Å². The summed E-state index contributed by atoms with van der Waals surface area (Å²) in [5.74, 6) is 0.283. The number of phenols is 1. The van der Waals surface area contributed by atoms with Gasteiger partial charge in [-0.2, -0.15) is 0 Å². The van der Waals surface area contributed by atoms with Gasteiger partial charge in [-0.15, -0.1) is 0 Å². The number of amides is 1. The number of benzene rings is 2. The van der Waals surface area contributed by atoms with Crippen molar-refractivity contribution in [3.8, 4) is 11.5 Å². The summed E-state index contributed by atoms with van der Waals surface area (Å²) >= 11 is 0. The molecule has 2 aromatic carbocycles. The summed E-state index contributed by atoms with van der Waals surface area (Å²) in [7, 11) is 1.46. The fourth-order valence-corrected chi connectivity index (χ4v) is 2.54. The van der Waals surface area contributed by atoms with E-state index in [1.165, 1.54) is 12.7 Å². The molecule has 2 atom stereocenters. The lowest BCUT2D eigenvalue weighted by molar-refractivity contribution is 0.0947. The van der Waals surface area contributed by atoms with Gasteiger partial charge in [0, 0.05) is 12.0 Å². The zero-order chi connectivity index (χ0) is 14.8. The van der Waals surface area contributed by atoms with E-state index in [4.69, 9.17) is 4.74 Å². The standard InChI is InChI=1S/C17H17NO3/c1-21-15-9-5-8-12(16(15)19)17(20)18-14-10-13(14)11-6-3-2-4-7-11/h2-9,13-14,19H,10H2,1H3,(H,18,20). The first kappa shape index (κ1) is 13.5. The van der Waals surface area contributed by atoms with E-state index in [1.807, 2.05) is 18.2 Å². The van der Waals surface area contributed by atoms with Crippen LogP contribution in [0.1, 0.15) is 28.3 Å². The summed E-state index contributed by atoms with van der Waals surface area (Å²) in [6, 6.07) is 15.2. The van der Waals surface area contributed by atoms with Crippen LogP contribution in [-0.2, 0) is 0 Å². The minimum atomic E-state index is -0.269. The largest absolute Gasteiger partial charge is 0.504 e. The summed E-state index contributed by atoms with van der Waals surface area (Å²) in [6.45, 7) is 0. The van der Waals surface area contributed by atoms with Gasteiger partial charge in [-0.25, -0.2) is 0 Å². The lowest BCUT2D eigenvalue weighted by atomic mass is 10.1. The van der Waals surface area contributed by atoms with E-state index in [2.05, 4.69) is 17.4 Å². The molecule has 0 aliphatic heterocycles. The van der Waals surface area contributed by atoms with Gasteiger partial charge in [-0.1, -0.05) is 36.4 Å². The molecule has 4 nitrogen and oxygen atoms in total. The lowest BCUT2D eigenvalue weighted by Crippen LogP contribution is -2.26. The number of ether oxygens (including phenoxy) is 1. The minimum absolute atomic E-state index is 0.116. The summed E-state index contributed by atoms with van der Waals surface area (Å²) in [6.07, 6.45) is 0.931. The van der Waals surface area contributed by atoms with Gasteiger partial charge in [-0.05, 0) is 24.1 Å². The number of phenolic OH excluding ortho intramolecular Hbond substituents is 1. The zero-order valence-corrected chi connectivity index (χ0v) is 11.7. The number of rotatable bonds is 4. The van der Waals surface area contributed by atoms with Crippen molar-refractivity contribution in [2.45, 2.75) is 18.4 Å². The van der Waals surface area contributed by atoms with Crippen LogP contribution in [0.2, 0.25) is 0 Å². The number of hydrogen-bond donors (Lipinski definition) is 2. The van der Waals surface area contributed by atoms with Crippen LogP contribution in [0, 0.1) is 0 Å². The number of methoxy groups -OCH3 is 1. The summed E-state index contributed by atoms with van der Waals surface area (Å²) in [4.78, 5) is 12.2. The third-order valence-electron chi connectivity index (χ3n) is 3.80. The first-order valence-electron chi connectivity index (χ1n) is 6.92. The van der Waals surface area contributed by atoms with Crippen molar-refractivity contribution in [2.75, 3.05) is 7.11 Å². The average Bonchev–Trinajstić information content (AvgIpc) is 3.27.